The summed E-state index contributed by atoms with van der Waals surface area (Å²) in [6.07, 6.45) is 0. The first-order valence-corrected chi connectivity index (χ1v) is 6.19. The zero-order valence-corrected chi connectivity index (χ0v) is 11.1. The number of nitrogens with one attached hydrogen (secondary N) is 1. The van der Waals surface area contributed by atoms with E-state index in [1.165, 1.54) is 6.07 Å². The minimum Gasteiger partial charge on any atom is -0.507 e. The first-order valence-electron chi connectivity index (χ1n) is 6.19. The van der Waals surface area contributed by atoms with Crippen molar-refractivity contribution in [2.24, 2.45) is 0 Å². The summed E-state index contributed by atoms with van der Waals surface area (Å²) in [5, 5.41) is 12.5. The van der Waals surface area contributed by atoms with Crippen LogP contribution in [0.4, 0.5) is 0 Å². The van der Waals surface area contributed by atoms with Crippen LogP contribution in [-0.2, 0) is 6.54 Å². The number of carbonyl (C=O) groups is 1. The molecular weight excluding hydrogens is 238 g/mol. The molecular formula is C16H17NO2. The largest absolute Gasteiger partial charge is 0.507 e. The Bertz CT molecular complexity index is 605. The summed E-state index contributed by atoms with van der Waals surface area (Å²) in [6, 6.07) is 12.9. The highest BCUT2D eigenvalue weighted by molar-refractivity contribution is 5.96. The molecule has 0 fully saturated rings. The van der Waals surface area contributed by atoms with E-state index in [1.807, 2.05) is 38.1 Å². The van der Waals surface area contributed by atoms with Crippen molar-refractivity contribution in [3.63, 3.8) is 0 Å². The molecule has 2 rings (SSSR count). The Morgan fingerprint density at radius 2 is 1.84 bits per heavy atom. The van der Waals surface area contributed by atoms with Crippen LogP contribution in [0.5, 0.6) is 5.75 Å². The molecule has 98 valence electrons. The van der Waals surface area contributed by atoms with Crippen molar-refractivity contribution in [1.82, 2.24) is 5.32 Å². The van der Waals surface area contributed by atoms with Crippen molar-refractivity contribution in [2.45, 2.75) is 20.4 Å². The number of amides is 1. The Hall–Kier alpha value is -2.29. The Morgan fingerprint density at radius 3 is 2.58 bits per heavy atom. The van der Waals surface area contributed by atoms with Crippen LogP contribution >= 0.6 is 0 Å². The quantitative estimate of drug-likeness (QED) is 0.886. The molecule has 0 aliphatic heterocycles. The normalized spacial score (nSPS) is 10.2. The van der Waals surface area contributed by atoms with E-state index >= 15 is 0 Å². The van der Waals surface area contributed by atoms with Gasteiger partial charge in [-0.05, 0) is 31.5 Å². The van der Waals surface area contributed by atoms with E-state index in [-0.39, 0.29) is 11.7 Å². The molecule has 3 heteroatoms. The number of benzene rings is 2. The third-order valence-corrected chi connectivity index (χ3v) is 2.93. The Balaban J connectivity index is 2.07. The molecule has 0 saturated carbocycles. The number of aromatic hydroxyl groups is 1. The highest BCUT2D eigenvalue weighted by Crippen LogP contribution is 2.18. The molecule has 2 aromatic carbocycles. The second kappa shape index (κ2) is 5.57. The van der Waals surface area contributed by atoms with Crippen LogP contribution in [0.15, 0.2) is 42.5 Å². The van der Waals surface area contributed by atoms with Gasteiger partial charge in [0.1, 0.15) is 5.75 Å². The number of hydrogen-bond acceptors (Lipinski definition) is 2. The summed E-state index contributed by atoms with van der Waals surface area (Å²) < 4.78 is 0. The fourth-order valence-electron chi connectivity index (χ4n) is 1.93. The minimum atomic E-state index is -0.261. The van der Waals surface area contributed by atoms with Gasteiger partial charge in [-0.15, -0.1) is 0 Å². The van der Waals surface area contributed by atoms with Crippen LogP contribution < -0.4 is 5.32 Å². The smallest absolute Gasteiger partial charge is 0.255 e. The number of aryl methyl sites for hydroxylation is 2. The lowest BCUT2D eigenvalue weighted by molar-refractivity contribution is 0.0948. The van der Waals surface area contributed by atoms with Gasteiger partial charge in [-0.25, -0.2) is 0 Å². The molecule has 0 heterocycles. The van der Waals surface area contributed by atoms with Gasteiger partial charge >= 0.3 is 0 Å². The lowest BCUT2D eigenvalue weighted by Crippen LogP contribution is -2.23. The van der Waals surface area contributed by atoms with Crippen LogP contribution in [0, 0.1) is 13.8 Å². The monoisotopic (exact) mass is 255 g/mol. The molecule has 2 aromatic rings. The second-order valence-corrected chi connectivity index (χ2v) is 4.69. The molecule has 3 nitrogen and oxygen atoms in total. The summed E-state index contributed by atoms with van der Waals surface area (Å²) in [5.41, 5.74) is 3.46. The highest BCUT2D eigenvalue weighted by Gasteiger charge is 2.10. The molecule has 0 radical (unpaired) electrons. The lowest BCUT2D eigenvalue weighted by atomic mass is 10.1. The van der Waals surface area contributed by atoms with E-state index in [9.17, 15) is 9.90 Å². The topological polar surface area (TPSA) is 49.3 Å². The molecule has 0 unspecified atom stereocenters. The molecule has 0 atom stereocenters. The van der Waals surface area contributed by atoms with Crippen molar-refractivity contribution in [3.05, 3.63) is 64.7 Å². The van der Waals surface area contributed by atoms with Crippen molar-refractivity contribution in [3.8, 4) is 5.75 Å². The van der Waals surface area contributed by atoms with Crippen molar-refractivity contribution in [1.29, 1.82) is 0 Å². The number of phenols is 1. The second-order valence-electron chi connectivity index (χ2n) is 4.69. The van der Waals surface area contributed by atoms with Crippen LogP contribution in [-0.4, -0.2) is 11.0 Å². The molecule has 1 amide bonds. The molecule has 0 spiro atoms. The minimum absolute atomic E-state index is 0.00680. The van der Waals surface area contributed by atoms with Crippen LogP contribution in [0.1, 0.15) is 27.0 Å². The number of rotatable bonds is 3. The Morgan fingerprint density at radius 1 is 1.11 bits per heavy atom. The third kappa shape index (κ3) is 3.35. The van der Waals surface area contributed by atoms with Gasteiger partial charge in [-0.1, -0.05) is 41.5 Å². The van der Waals surface area contributed by atoms with E-state index in [0.29, 0.717) is 12.1 Å². The van der Waals surface area contributed by atoms with Gasteiger partial charge in [0.25, 0.3) is 5.91 Å². The summed E-state index contributed by atoms with van der Waals surface area (Å²) in [6.45, 7) is 4.35. The Labute approximate surface area is 112 Å². The van der Waals surface area contributed by atoms with Crippen LogP contribution in [0.25, 0.3) is 0 Å². The van der Waals surface area contributed by atoms with Gasteiger partial charge in [-0.3, -0.25) is 4.79 Å². The molecule has 0 aromatic heterocycles. The van der Waals surface area contributed by atoms with Gasteiger partial charge < -0.3 is 10.4 Å². The summed E-state index contributed by atoms with van der Waals surface area (Å²) in [5.74, 6) is -0.255. The standard InChI is InChI=1S/C16H17NO2/c1-11-4-3-5-13(8-11)10-17-16(19)14-9-12(2)6-7-15(14)18/h3-9,18H,10H2,1-2H3,(H,17,19). The fourth-order valence-corrected chi connectivity index (χ4v) is 1.93. The summed E-state index contributed by atoms with van der Waals surface area (Å²) >= 11 is 0. The zero-order valence-electron chi connectivity index (χ0n) is 11.1. The van der Waals surface area contributed by atoms with Crippen LogP contribution in [0.3, 0.4) is 0 Å². The maximum Gasteiger partial charge on any atom is 0.255 e. The Kier molecular flexibility index (Phi) is 3.85. The van der Waals surface area contributed by atoms with E-state index in [2.05, 4.69) is 5.32 Å². The summed E-state index contributed by atoms with van der Waals surface area (Å²) in [7, 11) is 0. The fraction of sp³-hybridized carbons (Fsp3) is 0.188. The molecule has 0 aliphatic rings. The first-order chi connectivity index (χ1) is 9.06. The SMILES string of the molecule is Cc1cccc(CNC(=O)c2cc(C)ccc2O)c1. The van der Waals surface area contributed by atoms with Gasteiger partial charge in [0.2, 0.25) is 0 Å². The van der Waals surface area contributed by atoms with E-state index in [1.54, 1.807) is 12.1 Å². The molecule has 0 bridgehead atoms. The number of hydrogen-bond donors (Lipinski definition) is 2. The van der Waals surface area contributed by atoms with E-state index < -0.39 is 0 Å². The van der Waals surface area contributed by atoms with E-state index in [4.69, 9.17) is 0 Å². The molecule has 2 N–H and O–H groups in total. The number of carbonyl (C=O) groups excluding carboxylic acids is 1. The average Bonchev–Trinajstić information content (AvgIpc) is 2.39. The zero-order chi connectivity index (χ0) is 13.8. The van der Waals surface area contributed by atoms with Crippen molar-refractivity contribution in [2.75, 3.05) is 0 Å². The van der Waals surface area contributed by atoms with E-state index in [0.717, 1.165) is 16.7 Å². The van der Waals surface area contributed by atoms with Gasteiger partial charge in [-0.2, -0.15) is 0 Å². The van der Waals surface area contributed by atoms with Crippen molar-refractivity contribution < 1.29 is 9.90 Å². The average molecular weight is 255 g/mol. The van der Waals surface area contributed by atoms with Crippen molar-refractivity contribution >= 4 is 5.91 Å². The van der Waals surface area contributed by atoms with Gasteiger partial charge in [0.15, 0.2) is 0 Å². The predicted octanol–water partition coefficient (Wildman–Crippen LogP) is 2.94. The molecule has 19 heavy (non-hydrogen) atoms. The predicted molar refractivity (Wildman–Crippen MR) is 75.2 cm³/mol. The maximum atomic E-state index is 12.0. The number of phenolic OH excluding ortho intramolecular Hbond substituents is 1. The lowest BCUT2D eigenvalue weighted by Gasteiger charge is -2.08. The highest BCUT2D eigenvalue weighted by atomic mass is 16.3. The van der Waals surface area contributed by atoms with Crippen LogP contribution in [0.2, 0.25) is 0 Å². The molecule has 0 saturated heterocycles. The molecule has 0 aliphatic carbocycles. The van der Waals surface area contributed by atoms with Gasteiger partial charge in [0.05, 0.1) is 5.56 Å². The summed E-state index contributed by atoms with van der Waals surface area (Å²) in [4.78, 5) is 12.0. The maximum absolute atomic E-state index is 12.0. The first kappa shape index (κ1) is 13.1. The van der Waals surface area contributed by atoms with Gasteiger partial charge in [0, 0.05) is 6.54 Å². The third-order valence-electron chi connectivity index (χ3n) is 2.93.